The molecule has 0 aromatic rings. The first-order valence-corrected chi connectivity index (χ1v) is 27.3. The van der Waals surface area contributed by atoms with Crippen molar-refractivity contribution in [3.63, 3.8) is 0 Å². The number of aliphatic hydroxyl groups is 3. The summed E-state index contributed by atoms with van der Waals surface area (Å²) in [5.74, 6) is -0.395. The van der Waals surface area contributed by atoms with Crippen LogP contribution in [0.15, 0.2) is 12.2 Å². The lowest BCUT2D eigenvalue weighted by molar-refractivity contribution is -0.301. The predicted octanol–water partition coefficient (Wildman–Crippen LogP) is 11.8. The quantitative estimate of drug-likeness (QED) is 0.0197. The Balaban J connectivity index is 2.27. The second-order valence-corrected chi connectivity index (χ2v) is 19.2. The highest BCUT2D eigenvalue weighted by Gasteiger charge is 2.48. The lowest BCUT2D eigenvalue weighted by atomic mass is 9.99. The van der Waals surface area contributed by atoms with Crippen LogP contribution in [0.2, 0.25) is 0 Å². The zero-order chi connectivity index (χ0) is 46.1. The number of hydrogen-bond acceptors (Lipinski definition) is 11. The Morgan fingerprint density at radius 3 is 1.43 bits per heavy atom. The monoisotopic (exact) mass is 921 g/mol. The minimum atomic E-state index is -5.06. The van der Waals surface area contributed by atoms with Crippen molar-refractivity contribution >= 4 is 16.4 Å². The number of ether oxygens (including phenoxy) is 4. The summed E-state index contributed by atoms with van der Waals surface area (Å²) < 4.78 is 59.1. The van der Waals surface area contributed by atoms with Gasteiger partial charge in [0.2, 0.25) is 0 Å². The van der Waals surface area contributed by atoms with Crippen LogP contribution in [0.1, 0.15) is 239 Å². The molecule has 1 heterocycles. The van der Waals surface area contributed by atoms with Gasteiger partial charge in [-0.2, -0.15) is 8.42 Å². The molecule has 374 valence electrons. The van der Waals surface area contributed by atoms with Crippen LogP contribution in [0, 0.1) is 0 Å². The third kappa shape index (κ3) is 35.7. The van der Waals surface area contributed by atoms with Gasteiger partial charge in [0.1, 0.15) is 30.5 Å². The molecule has 0 radical (unpaired) electrons. The second kappa shape index (κ2) is 42.2. The number of carbonyl (C=O) groups excluding carboxylic acids is 1. The molecule has 4 N–H and O–H groups in total. The van der Waals surface area contributed by atoms with E-state index in [4.69, 9.17) is 18.9 Å². The number of hydrogen-bond donors (Lipinski definition) is 4. The predicted molar refractivity (Wildman–Crippen MR) is 253 cm³/mol. The fourth-order valence-corrected chi connectivity index (χ4v) is 8.71. The van der Waals surface area contributed by atoms with Crippen molar-refractivity contribution in [3.05, 3.63) is 12.2 Å². The van der Waals surface area contributed by atoms with Crippen molar-refractivity contribution < 1.29 is 56.2 Å². The highest BCUT2D eigenvalue weighted by molar-refractivity contribution is 7.80. The van der Waals surface area contributed by atoms with Gasteiger partial charge < -0.3 is 34.3 Å². The molecule has 12 nitrogen and oxygen atoms in total. The summed E-state index contributed by atoms with van der Waals surface area (Å²) in [7, 11) is -5.06. The van der Waals surface area contributed by atoms with Crippen LogP contribution in [0.5, 0.6) is 0 Å². The first-order chi connectivity index (χ1) is 30.6. The molecule has 0 spiro atoms. The summed E-state index contributed by atoms with van der Waals surface area (Å²) in [5, 5.41) is 30.7. The zero-order valence-corrected chi connectivity index (χ0v) is 41.0. The Hall–Kier alpha value is -1.16. The van der Waals surface area contributed by atoms with E-state index >= 15 is 0 Å². The average molecular weight is 921 g/mol. The highest BCUT2D eigenvalue weighted by atomic mass is 32.3. The maximum atomic E-state index is 12.9. The van der Waals surface area contributed by atoms with Gasteiger partial charge in [-0.05, 0) is 38.5 Å². The third-order valence-electron chi connectivity index (χ3n) is 12.1. The molecule has 0 bridgehead atoms. The van der Waals surface area contributed by atoms with E-state index < -0.39 is 59.8 Å². The van der Waals surface area contributed by atoms with Gasteiger partial charge in [-0.3, -0.25) is 9.35 Å². The minimum Gasteiger partial charge on any atom is -0.457 e. The van der Waals surface area contributed by atoms with Gasteiger partial charge in [0, 0.05) is 13.0 Å². The standard InChI is InChI=1S/C50H96O12S/c1-3-5-7-9-11-13-15-16-17-18-19-20-21-22-23-24-25-26-27-28-29-31-33-35-37-39-46(52)60-44(42-58-40-38-36-34-32-30-14-12-10-8-6-4-2)43-59-50-48(54)49(62-63(55,56)57)47(53)45(41-51)61-50/h18-19,44-45,47-51,53-54H,3-17,20-43H2,1-2H3,(H,55,56,57)/b19-18-. The van der Waals surface area contributed by atoms with Gasteiger partial charge in [-0.15, -0.1) is 0 Å². The van der Waals surface area contributed by atoms with Crippen molar-refractivity contribution in [2.24, 2.45) is 0 Å². The largest absolute Gasteiger partial charge is 0.457 e. The van der Waals surface area contributed by atoms with Crippen LogP contribution in [-0.2, 0) is 38.3 Å². The summed E-state index contributed by atoms with van der Waals surface area (Å²) in [4.78, 5) is 12.9. The van der Waals surface area contributed by atoms with E-state index in [1.807, 2.05) is 0 Å². The molecule has 1 fully saturated rings. The molecule has 6 atom stereocenters. The maximum Gasteiger partial charge on any atom is 0.397 e. The van der Waals surface area contributed by atoms with Crippen LogP contribution < -0.4 is 0 Å². The molecule has 1 aliphatic heterocycles. The Morgan fingerprint density at radius 2 is 1.00 bits per heavy atom. The van der Waals surface area contributed by atoms with Crippen molar-refractivity contribution in [2.45, 2.75) is 275 Å². The molecule has 0 aromatic carbocycles. The molecule has 1 aliphatic rings. The number of carbonyl (C=O) groups is 1. The summed E-state index contributed by atoms with van der Waals surface area (Å²) in [6, 6.07) is 0. The van der Waals surface area contributed by atoms with Crippen LogP contribution in [0.3, 0.4) is 0 Å². The fraction of sp³-hybridized carbons (Fsp3) is 0.940. The minimum absolute atomic E-state index is 0.0421. The molecule has 0 amide bonds. The Morgan fingerprint density at radius 1 is 0.587 bits per heavy atom. The van der Waals surface area contributed by atoms with Gasteiger partial charge in [-0.1, -0.05) is 206 Å². The Kier molecular flexibility index (Phi) is 40.1. The number of unbranched alkanes of at least 4 members (excludes halogenated alkanes) is 31. The number of allylic oxidation sites excluding steroid dienone is 2. The number of rotatable bonds is 46. The van der Waals surface area contributed by atoms with Crippen LogP contribution >= 0.6 is 0 Å². The van der Waals surface area contributed by atoms with E-state index in [1.165, 1.54) is 173 Å². The summed E-state index contributed by atoms with van der Waals surface area (Å²) in [6.07, 6.45) is 38.3. The van der Waals surface area contributed by atoms with Gasteiger partial charge in [0.05, 0.1) is 19.8 Å². The van der Waals surface area contributed by atoms with Crippen LogP contribution in [0.25, 0.3) is 0 Å². The molecule has 0 aliphatic carbocycles. The first kappa shape index (κ1) is 59.9. The SMILES string of the molecule is CCCCCCCCCC/C=C\CCCCCCCCCCCCCCCC(=O)OC(COCCCCCCCCCCCCC)COC1OC(CO)C(O)C(OS(=O)(=O)O)C1O. The molecular weight excluding hydrogens is 825 g/mol. The average Bonchev–Trinajstić information content (AvgIpc) is 3.26. The highest BCUT2D eigenvalue weighted by Crippen LogP contribution is 2.26. The van der Waals surface area contributed by atoms with Crippen molar-refractivity contribution in [1.29, 1.82) is 0 Å². The van der Waals surface area contributed by atoms with E-state index in [0.29, 0.717) is 13.0 Å². The molecule has 1 rings (SSSR count). The van der Waals surface area contributed by atoms with E-state index in [-0.39, 0.29) is 19.6 Å². The fourth-order valence-electron chi connectivity index (χ4n) is 8.20. The van der Waals surface area contributed by atoms with E-state index in [9.17, 15) is 33.1 Å². The maximum absolute atomic E-state index is 12.9. The van der Waals surface area contributed by atoms with Crippen molar-refractivity contribution in [1.82, 2.24) is 0 Å². The number of esters is 1. The molecule has 1 saturated heterocycles. The number of aliphatic hydroxyl groups excluding tert-OH is 3. The summed E-state index contributed by atoms with van der Waals surface area (Å²) in [5.41, 5.74) is 0. The molecule has 0 saturated carbocycles. The van der Waals surface area contributed by atoms with Crippen LogP contribution in [0.4, 0.5) is 0 Å². The third-order valence-corrected chi connectivity index (χ3v) is 12.6. The topological polar surface area (TPSA) is 178 Å². The normalized spacial score (nSPS) is 19.9. The molecule has 0 aromatic heterocycles. The van der Waals surface area contributed by atoms with Gasteiger partial charge in [0.15, 0.2) is 6.29 Å². The molecule has 13 heteroatoms. The van der Waals surface area contributed by atoms with E-state index in [0.717, 1.165) is 38.5 Å². The second-order valence-electron chi connectivity index (χ2n) is 18.1. The lowest BCUT2D eigenvalue weighted by Crippen LogP contribution is -2.60. The molecular formula is C50H96O12S. The van der Waals surface area contributed by atoms with Crippen molar-refractivity contribution in [3.8, 4) is 0 Å². The smallest absolute Gasteiger partial charge is 0.397 e. The summed E-state index contributed by atoms with van der Waals surface area (Å²) in [6.45, 7) is 4.02. The van der Waals surface area contributed by atoms with Gasteiger partial charge in [-0.25, -0.2) is 4.18 Å². The molecule has 6 unspecified atom stereocenters. The van der Waals surface area contributed by atoms with E-state index in [2.05, 4.69) is 30.2 Å². The first-order valence-electron chi connectivity index (χ1n) is 25.9. The van der Waals surface area contributed by atoms with E-state index in [1.54, 1.807) is 0 Å². The lowest BCUT2D eigenvalue weighted by Gasteiger charge is -2.41. The zero-order valence-electron chi connectivity index (χ0n) is 40.2. The van der Waals surface area contributed by atoms with Gasteiger partial charge >= 0.3 is 16.4 Å². The van der Waals surface area contributed by atoms with Gasteiger partial charge in [0.25, 0.3) is 0 Å². The van der Waals surface area contributed by atoms with Crippen LogP contribution in [-0.4, -0.2) is 97.5 Å². The Bertz CT molecular complexity index is 1150. The Labute approximate surface area is 385 Å². The summed E-state index contributed by atoms with van der Waals surface area (Å²) >= 11 is 0. The molecule has 63 heavy (non-hydrogen) atoms. The van der Waals surface area contributed by atoms with Crippen molar-refractivity contribution in [2.75, 3.05) is 26.4 Å².